The van der Waals surface area contributed by atoms with E-state index in [0.717, 1.165) is 17.7 Å². The van der Waals surface area contributed by atoms with Crippen LogP contribution in [-0.2, 0) is 30.6 Å². The lowest BCUT2D eigenvalue weighted by Crippen LogP contribution is -2.60. The second-order valence-electron chi connectivity index (χ2n) is 5.93. The van der Waals surface area contributed by atoms with Gasteiger partial charge in [0.1, 0.15) is 17.2 Å². The van der Waals surface area contributed by atoms with E-state index in [-0.39, 0.29) is 36.3 Å². The summed E-state index contributed by atoms with van der Waals surface area (Å²) in [6.07, 6.45) is 3.03. The van der Waals surface area contributed by atoms with Gasteiger partial charge in [-0.1, -0.05) is 5.21 Å². The van der Waals surface area contributed by atoms with Crippen molar-refractivity contribution in [1.29, 1.82) is 0 Å². The highest BCUT2D eigenvalue weighted by atomic mass is 32.2. The van der Waals surface area contributed by atoms with Gasteiger partial charge < -0.3 is 4.74 Å². The van der Waals surface area contributed by atoms with Crippen molar-refractivity contribution in [3.8, 4) is 0 Å². The predicted molar refractivity (Wildman–Crippen MR) is 75.3 cm³/mol. The smallest absolute Gasteiger partial charge is 0.355 e. The zero-order valence-electron chi connectivity index (χ0n) is 12.1. The van der Waals surface area contributed by atoms with Crippen LogP contribution in [0, 0.1) is 0 Å². The lowest BCUT2D eigenvalue weighted by atomic mass is 10.0. The van der Waals surface area contributed by atoms with E-state index in [0.29, 0.717) is 11.3 Å². The number of rotatable bonds is 4. The van der Waals surface area contributed by atoms with E-state index in [9.17, 15) is 18.0 Å². The van der Waals surface area contributed by atoms with Gasteiger partial charge in [0, 0.05) is 12.6 Å². The van der Waals surface area contributed by atoms with E-state index in [1.165, 1.54) is 6.20 Å². The molecule has 3 heterocycles. The van der Waals surface area contributed by atoms with Crippen molar-refractivity contribution in [2.24, 2.45) is 0 Å². The molecule has 0 radical (unpaired) electrons. The number of carbonyl (C=O) groups excluding carboxylic acids is 2. The Hall–Kier alpha value is -2.23. The van der Waals surface area contributed by atoms with Crippen LogP contribution in [-0.4, -0.2) is 57.8 Å². The van der Waals surface area contributed by atoms with Crippen LogP contribution >= 0.6 is 0 Å². The van der Waals surface area contributed by atoms with Gasteiger partial charge in [0.25, 0.3) is 0 Å². The summed E-state index contributed by atoms with van der Waals surface area (Å²) in [5.41, 5.74) is 0.892. The number of fused-ring (bicyclic) bond motifs is 1. The Bertz CT molecular complexity index is 809. The summed E-state index contributed by atoms with van der Waals surface area (Å²) < 4.78 is 29.9. The topological polar surface area (TPSA) is 122 Å². The summed E-state index contributed by atoms with van der Waals surface area (Å²) in [5, 5.41) is 8.98. The minimum atomic E-state index is -3.51. The average molecular weight is 338 g/mol. The Balaban J connectivity index is 1.75. The highest BCUT2D eigenvalue weighted by Crippen LogP contribution is 2.38. The number of aromatic nitrogens is 3. The number of carbonyl (C=O) groups is 2. The van der Waals surface area contributed by atoms with Gasteiger partial charge in [-0.15, -0.1) is 5.10 Å². The zero-order chi connectivity index (χ0) is 16.2. The van der Waals surface area contributed by atoms with Crippen LogP contribution in [0.15, 0.2) is 17.5 Å². The summed E-state index contributed by atoms with van der Waals surface area (Å²) in [6, 6.07) is 0. The van der Waals surface area contributed by atoms with Crippen molar-refractivity contribution in [2.75, 3.05) is 5.75 Å². The predicted octanol–water partition coefficient (Wildman–Crippen LogP) is -0.706. The van der Waals surface area contributed by atoms with Crippen molar-refractivity contribution in [3.63, 3.8) is 0 Å². The fourth-order valence-electron chi connectivity index (χ4n) is 2.82. The molecule has 2 fully saturated rings. The molecule has 1 aromatic rings. The number of nitrogens with zero attached hydrogens (tertiary/aromatic N) is 3. The molecule has 1 saturated carbocycles. The molecule has 0 bridgehead atoms. The number of sulfone groups is 1. The minimum Gasteiger partial charge on any atom is -0.458 e. The summed E-state index contributed by atoms with van der Waals surface area (Å²) in [5.74, 6) is -1.28. The van der Waals surface area contributed by atoms with Crippen LogP contribution < -0.4 is 0 Å². The third kappa shape index (κ3) is 2.42. The maximum absolute atomic E-state index is 12.4. The van der Waals surface area contributed by atoms with E-state index in [4.69, 9.17) is 4.74 Å². The Labute approximate surface area is 131 Å². The zero-order valence-corrected chi connectivity index (χ0v) is 12.9. The summed E-state index contributed by atoms with van der Waals surface area (Å²) >= 11 is 0. The number of hydrogen-bond donors (Lipinski definition) is 1. The molecule has 0 unspecified atom stereocenters. The Kier molecular flexibility index (Phi) is 3.05. The Morgan fingerprint density at radius 2 is 2.22 bits per heavy atom. The minimum absolute atomic E-state index is 0.0657. The first kappa shape index (κ1) is 14.4. The second kappa shape index (κ2) is 4.88. The molecule has 1 atom stereocenters. The van der Waals surface area contributed by atoms with Crippen molar-refractivity contribution in [3.05, 3.63) is 23.2 Å². The molecule has 1 saturated heterocycles. The highest BCUT2D eigenvalue weighted by molar-refractivity contribution is 7.92. The van der Waals surface area contributed by atoms with Crippen molar-refractivity contribution in [2.45, 2.75) is 37.2 Å². The number of ether oxygens (including phenoxy) is 1. The second-order valence-corrected chi connectivity index (χ2v) is 8.09. The average Bonchev–Trinajstić information content (AvgIpc) is 3.13. The summed E-state index contributed by atoms with van der Waals surface area (Å²) in [6.45, 7) is 0. The molecular weight excluding hydrogens is 324 g/mol. The maximum atomic E-state index is 12.4. The van der Waals surface area contributed by atoms with Crippen molar-refractivity contribution in [1.82, 2.24) is 20.3 Å². The van der Waals surface area contributed by atoms with Gasteiger partial charge in [-0.2, -0.15) is 0 Å². The van der Waals surface area contributed by atoms with Crippen molar-refractivity contribution >= 4 is 21.7 Å². The third-order valence-corrected chi connectivity index (χ3v) is 6.08. The van der Waals surface area contributed by atoms with E-state index in [2.05, 4.69) is 15.4 Å². The first-order valence-electron chi connectivity index (χ1n) is 7.27. The standard InChI is InChI=1S/C13H14N4O5S/c18-10-4-11-17(10)12(13(19)22-9-1-2-9)7(6-23(11,20)21)3-8-5-14-16-15-8/h5,9,11H,1-4,6H2,(H,14,15,16)/t11-/m0/s1. The molecule has 1 N–H and O–H groups in total. The SMILES string of the molecule is O=C(OC1CC1)C1=C(Cc2c[nH]nn2)CS(=O)(=O)[C@H]2CC(=O)N12. The normalized spacial score (nSPS) is 25.8. The lowest BCUT2D eigenvalue weighted by molar-refractivity contribution is -0.150. The number of amides is 1. The number of hydrogen-bond acceptors (Lipinski definition) is 7. The Morgan fingerprint density at radius 3 is 2.83 bits per heavy atom. The van der Waals surface area contributed by atoms with Crippen molar-refractivity contribution < 1.29 is 22.7 Å². The molecule has 1 aromatic heterocycles. The molecule has 0 spiro atoms. The number of nitrogens with one attached hydrogen (secondary N) is 1. The van der Waals surface area contributed by atoms with Gasteiger partial charge in [-0.3, -0.25) is 14.8 Å². The van der Waals surface area contributed by atoms with Crippen LogP contribution in [0.2, 0.25) is 0 Å². The largest absolute Gasteiger partial charge is 0.458 e. The highest BCUT2D eigenvalue weighted by Gasteiger charge is 2.53. The summed E-state index contributed by atoms with van der Waals surface area (Å²) in [7, 11) is -3.51. The monoisotopic (exact) mass is 338 g/mol. The lowest BCUT2D eigenvalue weighted by Gasteiger charge is -2.44. The quantitative estimate of drug-likeness (QED) is 0.568. The fraction of sp³-hybridized carbons (Fsp3) is 0.538. The summed E-state index contributed by atoms with van der Waals surface area (Å²) in [4.78, 5) is 25.4. The molecule has 4 rings (SSSR count). The molecule has 0 aromatic carbocycles. The molecule has 3 aliphatic rings. The molecule has 23 heavy (non-hydrogen) atoms. The number of esters is 1. The molecule has 2 aliphatic heterocycles. The van der Waals surface area contributed by atoms with Gasteiger partial charge in [0.15, 0.2) is 9.84 Å². The van der Waals surface area contributed by atoms with Gasteiger partial charge in [0.2, 0.25) is 5.91 Å². The van der Waals surface area contributed by atoms with Gasteiger partial charge >= 0.3 is 5.97 Å². The molecule has 1 amide bonds. The number of aromatic amines is 1. The maximum Gasteiger partial charge on any atom is 0.355 e. The van der Waals surface area contributed by atoms with E-state index < -0.39 is 21.2 Å². The van der Waals surface area contributed by atoms with Crippen LogP contribution in [0.5, 0.6) is 0 Å². The number of β-lactam (4-membered cyclic amide) rings is 1. The van der Waals surface area contributed by atoms with E-state index in [1.807, 2.05) is 0 Å². The molecular formula is C13H14N4O5S. The molecule has 122 valence electrons. The first-order chi connectivity index (χ1) is 11.0. The first-order valence-corrected chi connectivity index (χ1v) is 8.99. The van der Waals surface area contributed by atoms with Gasteiger partial charge in [-0.05, 0) is 18.4 Å². The molecule has 10 heteroatoms. The Morgan fingerprint density at radius 1 is 1.43 bits per heavy atom. The van der Waals surface area contributed by atoms with Gasteiger partial charge in [-0.25, -0.2) is 13.2 Å². The van der Waals surface area contributed by atoms with E-state index in [1.54, 1.807) is 0 Å². The molecule has 9 nitrogen and oxygen atoms in total. The van der Waals surface area contributed by atoms with E-state index >= 15 is 0 Å². The number of H-pyrrole nitrogens is 1. The van der Waals surface area contributed by atoms with Crippen LogP contribution in [0.1, 0.15) is 25.0 Å². The van der Waals surface area contributed by atoms with Crippen LogP contribution in [0.25, 0.3) is 0 Å². The molecule has 1 aliphatic carbocycles. The third-order valence-electron chi connectivity index (χ3n) is 4.12. The van der Waals surface area contributed by atoms with Crippen LogP contribution in [0.4, 0.5) is 0 Å². The van der Waals surface area contributed by atoms with Crippen LogP contribution in [0.3, 0.4) is 0 Å². The fourth-order valence-corrected chi connectivity index (χ4v) is 4.68. The van der Waals surface area contributed by atoms with Gasteiger partial charge in [0.05, 0.1) is 17.9 Å².